The molecule has 0 bridgehead atoms. The maximum Gasteiger partial charge on any atom is 0.311 e. The fourth-order valence-corrected chi connectivity index (χ4v) is 5.27. The zero-order valence-corrected chi connectivity index (χ0v) is 21.1. The van der Waals surface area contributed by atoms with Crippen LogP contribution >= 0.6 is 11.8 Å². The molecule has 2 atom stereocenters. The van der Waals surface area contributed by atoms with Crippen molar-refractivity contribution < 1.29 is 19.1 Å². The van der Waals surface area contributed by atoms with Crippen molar-refractivity contribution in [2.24, 2.45) is 5.92 Å². The van der Waals surface area contributed by atoms with Crippen molar-refractivity contribution in [3.63, 3.8) is 0 Å². The van der Waals surface area contributed by atoms with Crippen molar-refractivity contribution in [1.82, 2.24) is 9.97 Å². The molecule has 0 aliphatic rings. The molecule has 36 heavy (non-hydrogen) atoms. The van der Waals surface area contributed by atoms with Gasteiger partial charge in [-0.3, -0.25) is 9.59 Å². The lowest BCUT2D eigenvalue weighted by molar-refractivity contribution is -0.156. The first-order valence-electron chi connectivity index (χ1n) is 12.1. The van der Waals surface area contributed by atoms with Crippen LogP contribution in [0.5, 0.6) is 0 Å². The van der Waals surface area contributed by atoms with Gasteiger partial charge >= 0.3 is 11.9 Å². The van der Waals surface area contributed by atoms with E-state index in [4.69, 9.17) is 9.47 Å². The molecule has 0 saturated carbocycles. The number of benzene rings is 3. The number of carbonyl (C=O) groups is 2. The van der Waals surface area contributed by atoms with Crippen LogP contribution in [-0.2, 0) is 32.3 Å². The van der Waals surface area contributed by atoms with Gasteiger partial charge in [-0.05, 0) is 29.7 Å². The molecule has 3 aromatic carbocycles. The molecule has 0 aliphatic carbocycles. The van der Waals surface area contributed by atoms with Gasteiger partial charge < -0.3 is 14.5 Å². The maximum atomic E-state index is 13.3. The summed E-state index contributed by atoms with van der Waals surface area (Å²) in [5.74, 6) is -1.50. The summed E-state index contributed by atoms with van der Waals surface area (Å²) < 4.78 is 11.2. The normalized spacial score (nSPS) is 12.7. The highest BCUT2D eigenvalue weighted by Crippen LogP contribution is 2.34. The van der Waals surface area contributed by atoms with Crippen molar-refractivity contribution >= 4 is 34.7 Å². The van der Waals surface area contributed by atoms with Gasteiger partial charge in [0, 0.05) is 5.25 Å². The second-order valence-electron chi connectivity index (χ2n) is 8.55. The number of aromatic amines is 1. The lowest BCUT2D eigenvalue weighted by atomic mass is 9.98. The van der Waals surface area contributed by atoms with Gasteiger partial charge in [0.25, 0.3) is 0 Å². The summed E-state index contributed by atoms with van der Waals surface area (Å²) in [6, 6.07) is 26.8. The minimum atomic E-state index is -0.671. The average Bonchev–Trinajstić information content (AvgIpc) is 3.33. The van der Waals surface area contributed by atoms with E-state index in [0.29, 0.717) is 5.16 Å². The maximum absolute atomic E-state index is 13.3. The van der Waals surface area contributed by atoms with Gasteiger partial charge in [0.15, 0.2) is 5.16 Å². The molecule has 186 valence electrons. The predicted octanol–water partition coefficient (Wildman–Crippen LogP) is 6.32. The number of fused-ring (bicyclic) bond motifs is 1. The minimum absolute atomic E-state index is 0.0572. The second kappa shape index (κ2) is 12.9. The molecule has 1 heterocycles. The molecule has 6 nitrogen and oxygen atoms in total. The first kappa shape index (κ1) is 25.5. The molecule has 0 saturated heterocycles. The van der Waals surface area contributed by atoms with E-state index < -0.39 is 17.9 Å². The number of carbonyl (C=O) groups excluding carboxylic acids is 2. The summed E-state index contributed by atoms with van der Waals surface area (Å²) in [7, 11) is 0. The molecule has 2 unspecified atom stereocenters. The van der Waals surface area contributed by atoms with Crippen LogP contribution in [-0.4, -0.2) is 27.2 Å². The lowest BCUT2D eigenvalue weighted by Gasteiger charge is -2.24. The topological polar surface area (TPSA) is 81.3 Å². The first-order chi connectivity index (χ1) is 17.6. The Bertz CT molecular complexity index is 1230. The van der Waals surface area contributed by atoms with Crippen molar-refractivity contribution in [3.8, 4) is 0 Å². The summed E-state index contributed by atoms with van der Waals surface area (Å²) in [4.78, 5) is 34.2. The number of H-pyrrole nitrogens is 1. The van der Waals surface area contributed by atoms with Crippen LogP contribution in [0.3, 0.4) is 0 Å². The summed E-state index contributed by atoms with van der Waals surface area (Å²) in [6.45, 7) is 2.39. The number of nitrogens with zero attached hydrogens (tertiary/aromatic N) is 1. The number of hydrogen-bond donors (Lipinski definition) is 1. The van der Waals surface area contributed by atoms with E-state index in [1.54, 1.807) is 0 Å². The summed E-state index contributed by atoms with van der Waals surface area (Å²) in [5.41, 5.74) is 3.59. The van der Waals surface area contributed by atoms with Crippen molar-refractivity contribution in [2.45, 2.75) is 49.8 Å². The molecule has 7 heteroatoms. The molecule has 0 fully saturated rings. The van der Waals surface area contributed by atoms with Crippen LogP contribution in [0, 0.1) is 5.92 Å². The number of imidazole rings is 1. The molecule has 1 aromatic heterocycles. The molecule has 4 aromatic rings. The number of rotatable bonds is 12. The molecule has 4 rings (SSSR count). The predicted molar refractivity (Wildman–Crippen MR) is 141 cm³/mol. The largest absolute Gasteiger partial charge is 0.461 e. The third kappa shape index (κ3) is 7.21. The average molecular weight is 503 g/mol. The number of thioether (sulfide) groups is 1. The highest BCUT2D eigenvalue weighted by atomic mass is 32.2. The van der Waals surface area contributed by atoms with Gasteiger partial charge in [0.2, 0.25) is 0 Å². The van der Waals surface area contributed by atoms with Crippen LogP contribution in [0.15, 0.2) is 90.1 Å². The number of ether oxygens (including phenoxy) is 2. The Labute approximate surface area is 215 Å². The monoisotopic (exact) mass is 502 g/mol. The van der Waals surface area contributed by atoms with Gasteiger partial charge in [-0.25, -0.2) is 4.98 Å². The van der Waals surface area contributed by atoms with Gasteiger partial charge in [0.1, 0.15) is 13.2 Å². The number of hydrogen-bond acceptors (Lipinski definition) is 6. The summed E-state index contributed by atoms with van der Waals surface area (Å²) in [5, 5.41) is 0.510. The van der Waals surface area contributed by atoms with E-state index >= 15 is 0 Å². The van der Waals surface area contributed by atoms with Crippen LogP contribution in [0.1, 0.15) is 37.3 Å². The third-order valence-corrected chi connectivity index (χ3v) is 7.09. The Morgan fingerprint density at radius 2 is 1.47 bits per heavy atom. The summed E-state index contributed by atoms with van der Waals surface area (Å²) >= 11 is 1.48. The van der Waals surface area contributed by atoms with Crippen molar-refractivity contribution in [2.75, 3.05) is 0 Å². The number of para-hydroxylation sites is 2. The van der Waals surface area contributed by atoms with E-state index in [1.807, 2.05) is 84.9 Å². The Balaban J connectivity index is 1.50. The van der Waals surface area contributed by atoms with Crippen molar-refractivity contribution in [1.29, 1.82) is 0 Å². The smallest absolute Gasteiger partial charge is 0.311 e. The standard InChI is InChI=1S/C29H30N2O4S/c1-2-11-26(36-29-30-24-16-9-10-17-25(24)31-29)23(28(33)35-20-22-14-7-4-8-15-22)18-27(32)34-19-21-12-5-3-6-13-21/h3-10,12-17,23,26H,2,11,18-20H2,1H3,(H,30,31). The zero-order chi connectivity index (χ0) is 25.2. The second-order valence-corrected chi connectivity index (χ2v) is 9.78. The fourth-order valence-electron chi connectivity index (χ4n) is 3.93. The lowest BCUT2D eigenvalue weighted by Crippen LogP contribution is -2.31. The van der Waals surface area contributed by atoms with Crippen LogP contribution < -0.4 is 0 Å². The van der Waals surface area contributed by atoms with Gasteiger partial charge in [0.05, 0.1) is 23.4 Å². The SMILES string of the molecule is CCCC(Sc1nc2ccccc2[nH]1)C(CC(=O)OCc1ccccc1)C(=O)OCc1ccccc1. The van der Waals surface area contributed by atoms with Gasteiger partial charge in [-0.2, -0.15) is 0 Å². The van der Waals surface area contributed by atoms with E-state index in [-0.39, 0.29) is 24.9 Å². The summed E-state index contributed by atoms with van der Waals surface area (Å²) in [6.07, 6.45) is 1.51. The minimum Gasteiger partial charge on any atom is -0.461 e. The van der Waals surface area contributed by atoms with Crippen LogP contribution in [0.25, 0.3) is 11.0 Å². The fraction of sp³-hybridized carbons (Fsp3) is 0.276. The van der Waals surface area contributed by atoms with Crippen LogP contribution in [0.4, 0.5) is 0 Å². The molecule has 0 aliphatic heterocycles. The quantitative estimate of drug-likeness (QED) is 0.180. The van der Waals surface area contributed by atoms with Gasteiger partial charge in [-0.1, -0.05) is 97.9 Å². The highest BCUT2D eigenvalue weighted by molar-refractivity contribution is 7.99. The molecule has 0 radical (unpaired) electrons. The van der Waals surface area contributed by atoms with Crippen LogP contribution in [0.2, 0.25) is 0 Å². The van der Waals surface area contributed by atoms with E-state index in [1.165, 1.54) is 11.8 Å². The number of esters is 2. The van der Waals surface area contributed by atoms with E-state index in [0.717, 1.165) is 35.0 Å². The van der Waals surface area contributed by atoms with Gasteiger partial charge in [-0.15, -0.1) is 0 Å². The Kier molecular flexibility index (Phi) is 9.16. The Hall–Kier alpha value is -3.58. The first-order valence-corrected chi connectivity index (χ1v) is 13.0. The zero-order valence-electron chi connectivity index (χ0n) is 20.3. The third-order valence-electron chi connectivity index (χ3n) is 5.81. The molecule has 1 N–H and O–H groups in total. The highest BCUT2D eigenvalue weighted by Gasteiger charge is 2.33. The molecule has 0 amide bonds. The molecular formula is C29H30N2O4S. The Morgan fingerprint density at radius 3 is 2.11 bits per heavy atom. The number of aromatic nitrogens is 2. The van der Waals surface area contributed by atoms with E-state index in [9.17, 15) is 9.59 Å². The Morgan fingerprint density at radius 1 is 0.861 bits per heavy atom. The number of nitrogens with one attached hydrogen (secondary N) is 1. The molecule has 0 spiro atoms. The van der Waals surface area contributed by atoms with E-state index in [2.05, 4.69) is 16.9 Å². The van der Waals surface area contributed by atoms with Crippen molar-refractivity contribution in [3.05, 3.63) is 96.1 Å². The molecular weight excluding hydrogens is 472 g/mol.